The first kappa shape index (κ1) is 14.0. The van der Waals surface area contributed by atoms with Gasteiger partial charge in [0.05, 0.1) is 6.42 Å². The van der Waals surface area contributed by atoms with E-state index in [-0.39, 0.29) is 11.9 Å². The second-order valence-electron chi connectivity index (χ2n) is 5.29. The summed E-state index contributed by atoms with van der Waals surface area (Å²) in [4.78, 5) is 12.3. The molecule has 1 aromatic rings. The van der Waals surface area contributed by atoms with Gasteiger partial charge >= 0.3 is 0 Å². The highest BCUT2D eigenvalue weighted by atomic mass is 32.1. The van der Waals surface area contributed by atoms with E-state index in [0.717, 1.165) is 11.1 Å². The number of thiocarbonyl (C=S) groups is 1. The quantitative estimate of drug-likeness (QED) is 0.810. The number of rotatable bonds is 5. The van der Waals surface area contributed by atoms with E-state index < -0.39 is 0 Å². The summed E-state index contributed by atoms with van der Waals surface area (Å²) in [7, 11) is 0. The smallest absolute Gasteiger partial charge is 0.224 e. The maximum atomic E-state index is 11.9. The number of nitrogens with two attached hydrogens (primary N) is 1. The molecule has 0 spiro atoms. The fourth-order valence-electron chi connectivity index (χ4n) is 2.33. The average Bonchev–Trinajstić information content (AvgIpc) is 2.26. The number of hydrogen-bond donors (Lipinski definition) is 2. The first-order chi connectivity index (χ1) is 9.06. The second kappa shape index (κ2) is 6.15. The molecule has 3 nitrogen and oxygen atoms in total. The van der Waals surface area contributed by atoms with E-state index in [1.165, 1.54) is 19.3 Å². The van der Waals surface area contributed by atoms with E-state index in [9.17, 15) is 4.79 Å². The predicted octanol–water partition coefficient (Wildman–Crippen LogP) is 2.17. The molecule has 0 heterocycles. The lowest BCUT2D eigenvalue weighted by Gasteiger charge is -2.31. The lowest BCUT2D eigenvalue weighted by Crippen LogP contribution is -2.41. The van der Waals surface area contributed by atoms with Gasteiger partial charge in [-0.25, -0.2) is 0 Å². The van der Waals surface area contributed by atoms with Gasteiger partial charge in [0.15, 0.2) is 0 Å². The van der Waals surface area contributed by atoms with Crippen LogP contribution in [-0.4, -0.2) is 16.9 Å². The minimum absolute atomic E-state index is 0.0856. The third-order valence-electron chi connectivity index (χ3n) is 3.85. The Morgan fingerprint density at radius 1 is 1.42 bits per heavy atom. The van der Waals surface area contributed by atoms with Crippen LogP contribution in [0.5, 0.6) is 0 Å². The Kier molecular flexibility index (Phi) is 4.53. The monoisotopic (exact) mass is 276 g/mol. The Morgan fingerprint density at radius 2 is 2.05 bits per heavy atom. The van der Waals surface area contributed by atoms with E-state index in [2.05, 4.69) is 12.2 Å². The molecular formula is C15H20N2OS. The molecule has 1 atom stereocenters. The third-order valence-corrected chi connectivity index (χ3v) is 4.08. The highest BCUT2D eigenvalue weighted by molar-refractivity contribution is 7.80. The van der Waals surface area contributed by atoms with Gasteiger partial charge in [0.2, 0.25) is 5.91 Å². The number of carbonyl (C=O) groups excluding carboxylic acids is 1. The zero-order valence-corrected chi connectivity index (χ0v) is 12.0. The molecule has 0 radical (unpaired) electrons. The topological polar surface area (TPSA) is 55.1 Å². The summed E-state index contributed by atoms with van der Waals surface area (Å²) in [6.45, 7) is 2.09. The van der Waals surface area contributed by atoms with Crippen LogP contribution in [0, 0.1) is 5.92 Å². The first-order valence-corrected chi connectivity index (χ1v) is 7.15. The van der Waals surface area contributed by atoms with Gasteiger partial charge in [0.25, 0.3) is 0 Å². The number of carbonyl (C=O) groups is 1. The van der Waals surface area contributed by atoms with E-state index in [1.807, 2.05) is 24.3 Å². The second-order valence-corrected chi connectivity index (χ2v) is 5.72. The maximum Gasteiger partial charge on any atom is 0.224 e. The van der Waals surface area contributed by atoms with Gasteiger partial charge < -0.3 is 11.1 Å². The zero-order valence-electron chi connectivity index (χ0n) is 11.2. The van der Waals surface area contributed by atoms with E-state index in [0.29, 0.717) is 17.3 Å². The van der Waals surface area contributed by atoms with Crippen molar-refractivity contribution in [1.29, 1.82) is 0 Å². The zero-order chi connectivity index (χ0) is 13.8. The lowest BCUT2D eigenvalue weighted by atomic mass is 9.80. The van der Waals surface area contributed by atoms with E-state index in [4.69, 9.17) is 18.0 Å². The minimum Gasteiger partial charge on any atom is -0.389 e. The first-order valence-electron chi connectivity index (χ1n) is 6.74. The summed E-state index contributed by atoms with van der Waals surface area (Å²) >= 11 is 4.90. The Morgan fingerprint density at radius 3 is 2.53 bits per heavy atom. The van der Waals surface area contributed by atoms with Crippen LogP contribution in [-0.2, 0) is 11.2 Å². The Labute approximate surface area is 119 Å². The van der Waals surface area contributed by atoms with Gasteiger partial charge in [-0.1, -0.05) is 42.9 Å². The van der Waals surface area contributed by atoms with Gasteiger partial charge in [-0.2, -0.15) is 0 Å². The van der Waals surface area contributed by atoms with Crippen molar-refractivity contribution in [3.8, 4) is 0 Å². The minimum atomic E-state index is 0.0856. The van der Waals surface area contributed by atoms with Crippen molar-refractivity contribution in [1.82, 2.24) is 5.32 Å². The molecule has 0 bridgehead atoms. The summed E-state index contributed by atoms with van der Waals surface area (Å²) in [5.74, 6) is 0.753. The van der Waals surface area contributed by atoms with Crippen LogP contribution in [0.25, 0.3) is 0 Å². The third kappa shape index (κ3) is 3.77. The Bertz CT molecular complexity index is 466. The number of amides is 1. The molecule has 0 aliphatic heterocycles. The van der Waals surface area contributed by atoms with Crippen molar-refractivity contribution in [2.24, 2.45) is 11.7 Å². The molecule has 19 heavy (non-hydrogen) atoms. The molecule has 1 unspecified atom stereocenters. The fourth-order valence-corrected chi connectivity index (χ4v) is 2.47. The van der Waals surface area contributed by atoms with Gasteiger partial charge in [-0.15, -0.1) is 0 Å². The van der Waals surface area contributed by atoms with Crippen LogP contribution in [0.15, 0.2) is 24.3 Å². The van der Waals surface area contributed by atoms with E-state index >= 15 is 0 Å². The average molecular weight is 276 g/mol. The number of hydrogen-bond acceptors (Lipinski definition) is 2. The molecule has 1 saturated carbocycles. The standard InChI is InChI=1S/C15H20N2OS/c1-10(12-3-2-4-12)17-14(18)9-11-5-7-13(8-6-11)15(16)19/h5-8,10,12H,2-4,9H2,1H3,(H2,16,19)(H,17,18). The molecular weight excluding hydrogens is 256 g/mol. The van der Waals surface area contributed by atoms with Crippen molar-refractivity contribution in [3.05, 3.63) is 35.4 Å². The Balaban J connectivity index is 1.85. The van der Waals surface area contributed by atoms with Crippen molar-refractivity contribution < 1.29 is 4.79 Å². The van der Waals surface area contributed by atoms with Gasteiger partial charge in [-0.05, 0) is 31.2 Å². The van der Waals surface area contributed by atoms with Crippen LogP contribution in [0.4, 0.5) is 0 Å². The summed E-state index contributed by atoms with van der Waals surface area (Å²) in [6, 6.07) is 7.82. The molecule has 102 valence electrons. The van der Waals surface area contributed by atoms with Crippen molar-refractivity contribution in [3.63, 3.8) is 0 Å². The summed E-state index contributed by atoms with van der Waals surface area (Å²) < 4.78 is 0. The molecule has 1 aromatic carbocycles. The van der Waals surface area contributed by atoms with Crippen LogP contribution < -0.4 is 11.1 Å². The van der Waals surface area contributed by atoms with Crippen LogP contribution in [0.3, 0.4) is 0 Å². The van der Waals surface area contributed by atoms with E-state index in [1.54, 1.807) is 0 Å². The number of nitrogens with one attached hydrogen (secondary N) is 1. The molecule has 4 heteroatoms. The molecule has 0 saturated heterocycles. The fraction of sp³-hybridized carbons (Fsp3) is 0.467. The highest BCUT2D eigenvalue weighted by Gasteiger charge is 2.24. The normalized spacial score (nSPS) is 16.5. The molecule has 1 aliphatic rings. The van der Waals surface area contributed by atoms with Gasteiger partial charge in [-0.3, -0.25) is 4.79 Å². The molecule has 3 N–H and O–H groups in total. The number of benzene rings is 1. The van der Waals surface area contributed by atoms with Crippen molar-refractivity contribution >= 4 is 23.1 Å². The molecule has 0 aromatic heterocycles. The molecule has 1 fully saturated rings. The van der Waals surface area contributed by atoms with Crippen molar-refractivity contribution in [2.75, 3.05) is 0 Å². The largest absolute Gasteiger partial charge is 0.389 e. The predicted molar refractivity (Wildman–Crippen MR) is 81.0 cm³/mol. The van der Waals surface area contributed by atoms with Crippen LogP contribution in [0.2, 0.25) is 0 Å². The maximum absolute atomic E-state index is 11.9. The molecule has 1 aliphatic carbocycles. The highest BCUT2D eigenvalue weighted by Crippen LogP contribution is 2.29. The SMILES string of the molecule is CC(NC(=O)Cc1ccc(C(N)=S)cc1)C1CCC1. The summed E-state index contributed by atoms with van der Waals surface area (Å²) in [5, 5.41) is 3.08. The Hall–Kier alpha value is -1.42. The lowest BCUT2D eigenvalue weighted by molar-refractivity contribution is -0.121. The van der Waals surface area contributed by atoms with Gasteiger partial charge in [0.1, 0.15) is 4.99 Å². The van der Waals surface area contributed by atoms with Crippen LogP contribution >= 0.6 is 12.2 Å². The van der Waals surface area contributed by atoms with Gasteiger partial charge in [0, 0.05) is 11.6 Å². The van der Waals surface area contributed by atoms with Crippen molar-refractivity contribution in [2.45, 2.75) is 38.6 Å². The summed E-state index contributed by atoms with van der Waals surface area (Å²) in [5.41, 5.74) is 7.36. The molecule has 2 rings (SSSR count). The molecule has 1 amide bonds. The summed E-state index contributed by atoms with van der Waals surface area (Å²) in [6.07, 6.45) is 4.19. The van der Waals surface area contributed by atoms with Crippen LogP contribution in [0.1, 0.15) is 37.3 Å².